The van der Waals surface area contributed by atoms with Gasteiger partial charge in [0.1, 0.15) is 11.8 Å². The first-order valence-electron chi connectivity index (χ1n) is 4.04. The minimum atomic E-state index is -4.91. The van der Waals surface area contributed by atoms with Crippen molar-refractivity contribution in [2.45, 2.75) is 19.5 Å². The van der Waals surface area contributed by atoms with Gasteiger partial charge in [0.2, 0.25) is 0 Å². The summed E-state index contributed by atoms with van der Waals surface area (Å²) in [6.45, 7) is 0.940. The van der Waals surface area contributed by atoms with E-state index in [0.29, 0.717) is 6.07 Å². The lowest BCUT2D eigenvalue weighted by atomic mass is 10.1. The zero-order chi connectivity index (χ0) is 12.5. The number of pyridine rings is 1. The molecule has 0 aromatic carbocycles. The average Bonchev–Trinajstić information content (AvgIpc) is 2.14. The number of aryl methyl sites for hydroxylation is 1. The Morgan fingerprint density at radius 3 is 2.31 bits per heavy atom. The molecule has 1 aromatic heterocycles. The van der Waals surface area contributed by atoms with Gasteiger partial charge in [-0.1, -0.05) is 0 Å². The summed E-state index contributed by atoms with van der Waals surface area (Å²) in [6.07, 6.45) is -8.21. The fourth-order valence-electron chi connectivity index (χ4n) is 1.30. The van der Waals surface area contributed by atoms with Crippen molar-refractivity contribution in [3.63, 3.8) is 0 Å². The van der Waals surface area contributed by atoms with Gasteiger partial charge in [-0.3, -0.25) is 0 Å². The summed E-state index contributed by atoms with van der Waals surface area (Å²) in [6, 6.07) is 1.89. The van der Waals surface area contributed by atoms with E-state index in [4.69, 9.17) is 5.26 Å². The highest BCUT2D eigenvalue weighted by Crippen LogP contribution is 2.38. The van der Waals surface area contributed by atoms with E-state index in [0.717, 1.165) is 6.92 Å². The molecule has 7 heteroatoms. The van der Waals surface area contributed by atoms with Crippen LogP contribution in [0.25, 0.3) is 0 Å². The van der Waals surface area contributed by atoms with E-state index in [1.165, 1.54) is 6.07 Å². The van der Waals surface area contributed by atoms with Gasteiger partial charge in [-0.15, -0.1) is 0 Å². The second kappa shape index (κ2) is 4.04. The third kappa shape index (κ3) is 2.27. The normalized spacial score (nSPS) is 11.6. The first kappa shape index (κ1) is 12.4. The van der Waals surface area contributed by atoms with Crippen LogP contribution in [-0.4, -0.2) is 4.98 Å². The fraction of sp³-hybridized carbons (Fsp3) is 0.333. The molecule has 0 amide bonds. The molecule has 2 nitrogen and oxygen atoms in total. The highest BCUT2D eigenvalue weighted by molar-refractivity contribution is 5.39. The van der Waals surface area contributed by atoms with Gasteiger partial charge in [-0.25, -0.2) is 13.8 Å². The minimum absolute atomic E-state index is 0.458. The number of halogens is 5. The maximum absolute atomic E-state index is 12.4. The Bertz CT molecular complexity index is 444. The van der Waals surface area contributed by atoms with Gasteiger partial charge in [0.25, 0.3) is 6.43 Å². The third-order valence-corrected chi connectivity index (χ3v) is 1.86. The van der Waals surface area contributed by atoms with Gasteiger partial charge in [0.05, 0.1) is 11.3 Å². The van der Waals surface area contributed by atoms with Crippen molar-refractivity contribution in [2.24, 2.45) is 0 Å². The number of hydrogen-bond donors (Lipinski definition) is 0. The number of hydrogen-bond acceptors (Lipinski definition) is 2. The van der Waals surface area contributed by atoms with Crippen LogP contribution >= 0.6 is 0 Å². The summed E-state index contributed by atoms with van der Waals surface area (Å²) in [4.78, 5) is 3.29. The summed E-state index contributed by atoms with van der Waals surface area (Å²) in [5.74, 6) is 0. The zero-order valence-electron chi connectivity index (χ0n) is 7.94. The van der Waals surface area contributed by atoms with Gasteiger partial charge in [0.15, 0.2) is 0 Å². The van der Waals surface area contributed by atoms with Crippen LogP contribution in [0.15, 0.2) is 6.07 Å². The van der Waals surface area contributed by atoms with E-state index in [1.807, 2.05) is 0 Å². The van der Waals surface area contributed by atoms with Crippen LogP contribution in [0.3, 0.4) is 0 Å². The first-order valence-corrected chi connectivity index (χ1v) is 4.04. The quantitative estimate of drug-likeness (QED) is 0.702. The van der Waals surface area contributed by atoms with E-state index in [9.17, 15) is 22.0 Å². The molecule has 0 N–H and O–H groups in total. The largest absolute Gasteiger partial charge is 0.418 e. The average molecular weight is 236 g/mol. The van der Waals surface area contributed by atoms with E-state index < -0.39 is 35.1 Å². The molecule has 1 rings (SSSR count). The van der Waals surface area contributed by atoms with Gasteiger partial charge in [-0.2, -0.15) is 18.4 Å². The maximum atomic E-state index is 12.4. The summed E-state index contributed by atoms with van der Waals surface area (Å²) in [7, 11) is 0. The second-order valence-electron chi connectivity index (χ2n) is 2.97. The molecule has 0 bridgehead atoms. The predicted octanol–water partition coefficient (Wildman–Crippen LogP) is 3.22. The van der Waals surface area contributed by atoms with E-state index in [1.54, 1.807) is 0 Å². The molecule has 16 heavy (non-hydrogen) atoms. The second-order valence-corrected chi connectivity index (χ2v) is 2.97. The molecule has 86 valence electrons. The lowest BCUT2D eigenvalue weighted by Gasteiger charge is -2.14. The molecule has 0 unspecified atom stereocenters. The number of nitrogens with zero attached hydrogens (tertiary/aromatic N) is 2. The standard InChI is InChI=1S/C9H5F5N2/c1-4-7(9(12,13)14)6(8(10)11)2-5(3-15)16-4/h2,8H,1H3. The molecular weight excluding hydrogens is 231 g/mol. The molecule has 0 saturated heterocycles. The molecule has 0 aliphatic heterocycles. The van der Waals surface area contributed by atoms with E-state index >= 15 is 0 Å². The van der Waals surface area contributed by atoms with Crippen molar-refractivity contribution < 1.29 is 22.0 Å². The molecule has 0 aliphatic carbocycles. The molecule has 0 fully saturated rings. The van der Waals surface area contributed by atoms with Gasteiger partial charge in [-0.05, 0) is 13.0 Å². The Morgan fingerprint density at radius 2 is 1.94 bits per heavy atom. The summed E-state index contributed by atoms with van der Waals surface area (Å²) in [5.41, 5.74) is -3.76. The molecule has 0 spiro atoms. The summed E-state index contributed by atoms with van der Waals surface area (Å²) >= 11 is 0. The maximum Gasteiger partial charge on any atom is 0.418 e. The highest BCUT2D eigenvalue weighted by Gasteiger charge is 2.38. The van der Waals surface area contributed by atoms with Crippen molar-refractivity contribution in [2.75, 3.05) is 0 Å². The Kier molecular flexibility index (Phi) is 3.12. The van der Waals surface area contributed by atoms with Crippen molar-refractivity contribution in [1.82, 2.24) is 4.98 Å². The van der Waals surface area contributed by atoms with Crippen LogP contribution in [0.5, 0.6) is 0 Å². The smallest absolute Gasteiger partial charge is 0.242 e. The minimum Gasteiger partial charge on any atom is -0.242 e. The van der Waals surface area contributed by atoms with Crippen LogP contribution < -0.4 is 0 Å². The molecule has 1 heterocycles. The summed E-state index contributed by atoms with van der Waals surface area (Å²) < 4.78 is 62.2. The van der Waals surface area contributed by atoms with Gasteiger partial charge >= 0.3 is 6.18 Å². The van der Waals surface area contributed by atoms with Crippen LogP contribution in [-0.2, 0) is 6.18 Å². The number of rotatable bonds is 1. The first-order chi connectivity index (χ1) is 7.27. The topological polar surface area (TPSA) is 36.7 Å². The van der Waals surface area contributed by atoms with Gasteiger partial charge < -0.3 is 0 Å². The SMILES string of the molecule is Cc1nc(C#N)cc(C(F)F)c1C(F)(F)F. The van der Waals surface area contributed by atoms with Crippen LogP contribution in [0.4, 0.5) is 22.0 Å². The van der Waals surface area contributed by atoms with Crippen molar-refractivity contribution in [3.8, 4) is 6.07 Å². The Labute approximate surface area is 87.3 Å². The summed E-state index contributed by atoms with van der Waals surface area (Å²) in [5, 5.41) is 8.42. The third-order valence-electron chi connectivity index (χ3n) is 1.86. The Hall–Kier alpha value is -1.71. The number of nitriles is 1. The molecule has 0 aliphatic rings. The predicted molar refractivity (Wildman–Crippen MR) is 43.6 cm³/mol. The molecule has 0 atom stereocenters. The van der Waals surface area contributed by atoms with Crippen LogP contribution in [0, 0.1) is 18.3 Å². The molecular formula is C9H5F5N2. The monoisotopic (exact) mass is 236 g/mol. The lowest BCUT2D eigenvalue weighted by molar-refractivity contribution is -0.140. The van der Waals surface area contributed by atoms with E-state index in [-0.39, 0.29) is 0 Å². The van der Waals surface area contributed by atoms with Crippen molar-refractivity contribution in [1.29, 1.82) is 5.26 Å². The number of alkyl halides is 5. The Balaban J connectivity index is 3.54. The Morgan fingerprint density at radius 1 is 1.38 bits per heavy atom. The molecule has 1 aromatic rings. The van der Waals surface area contributed by atoms with Crippen LogP contribution in [0.2, 0.25) is 0 Å². The van der Waals surface area contributed by atoms with Gasteiger partial charge in [0, 0.05) is 5.56 Å². The van der Waals surface area contributed by atoms with Crippen molar-refractivity contribution in [3.05, 3.63) is 28.6 Å². The molecule has 0 radical (unpaired) electrons. The molecule has 0 saturated carbocycles. The lowest BCUT2D eigenvalue weighted by Crippen LogP contribution is -2.14. The van der Waals surface area contributed by atoms with E-state index in [2.05, 4.69) is 4.98 Å². The zero-order valence-corrected chi connectivity index (χ0v) is 7.94. The fourth-order valence-corrected chi connectivity index (χ4v) is 1.30. The highest BCUT2D eigenvalue weighted by atomic mass is 19.4. The number of aromatic nitrogens is 1. The van der Waals surface area contributed by atoms with Crippen molar-refractivity contribution >= 4 is 0 Å². The van der Waals surface area contributed by atoms with Crippen LogP contribution in [0.1, 0.15) is 28.9 Å².